The molecule has 1 saturated heterocycles. The van der Waals surface area contributed by atoms with Crippen molar-refractivity contribution >= 4 is 5.91 Å². The number of hydrogen-bond acceptors (Lipinski definition) is 2. The maximum absolute atomic E-state index is 12.6. The summed E-state index contributed by atoms with van der Waals surface area (Å²) in [5.41, 5.74) is 6.27. The Morgan fingerprint density at radius 3 is 2.62 bits per heavy atom. The molecule has 2 fully saturated rings. The zero-order valence-corrected chi connectivity index (χ0v) is 15.0. The normalized spacial score (nSPS) is 23.2. The average Bonchev–Trinajstić information content (AvgIpc) is 3.13. The van der Waals surface area contributed by atoms with Crippen LogP contribution in [0.2, 0.25) is 0 Å². The fourth-order valence-corrected chi connectivity index (χ4v) is 4.21. The molecule has 0 radical (unpaired) electrons. The molecular formula is C21H28N2O. The second-order valence-corrected chi connectivity index (χ2v) is 8.44. The number of carbonyl (C=O) groups excluding carboxylic acids is 1. The van der Waals surface area contributed by atoms with Gasteiger partial charge in [0.25, 0.3) is 5.91 Å². The summed E-state index contributed by atoms with van der Waals surface area (Å²) in [5.74, 6) is 0.0824. The third kappa shape index (κ3) is 3.14. The molecule has 0 aromatic rings. The van der Waals surface area contributed by atoms with Gasteiger partial charge in [-0.25, -0.2) is 0 Å². The third-order valence-electron chi connectivity index (χ3n) is 5.59. The van der Waals surface area contributed by atoms with E-state index in [1.165, 1.54) is 55.5 Å². The van der Waals surface area contributed by atoms with Crippen molar-refractivity contribution in [2.45, 2.75) is 46.0 Å². The van der Waals surface area contributed by atoms with Crippen molar-refractivity contribution in [1.82, 2.24) is 10.2 Å². The molecule has 1 saturated carbocycles. The fraction of sp³-hybridized carbons (Fsp3) is 0.571. The van der Waals surface area contributed by atoms with Gasteiger partial charge in [0.1, 0.15) is 0 Å². The topological polar surface area (TPSA) is 32.3 Å². The lowest BCUT2D eigenvalue weighted by Gasteiger charge is -2.32. The first-order chi connectivity index (χ1) is 11.5. The Kier molecular flexibility index (Phi) is 4.00. The Morgan fingerprint density at radius 2 is 1.88 bits per heavy atom. The SMILES string of the molecule is CC(C)(CNC(=O)C1=C2C=C3CC3=C2C=C1)CN1CCCCCC1. The molecule has 0 aromatic carbocycles. The molecule has 4 rings (SSSR count). The molecule has 1 amide bonds. The maximum Gasteiger partial charge on any atom is 0.251 e. The molecule has 0 spiro atoms. The van der Waals surface area contributed by atoms with Gasteiger partial charge >= 0.3 is 0 Å². The molecule has 0 aromatic heterocycles. The second-order valence-electron chi connectivity index (χ2n) is 8.44. The number of fused-ring (bicyclic) bond motifs is 2. The Balaban J connectivity index is 1.34. The third-order valence-corrected chi connectivity index (χ3v) is 5.59. The highest BCUT2D eigenvalue weighted by molar-refractivity contribution is 6.01. The van der Waals surface area contributed by atoms with Gasteiger partial charge in [0.05, 0.1) is 0 Å². The standard InChI is InChI=1S/C21H28N2O/c1-21(2,14-23-9-5-3-4-6-10-23)13-22-20(24)17-8-7-16-18-11-15(18)12-19(16)17/h7-8,12H,3-6,9-11,13-14H2,1-2H3,(H,22,24). The van der Waals surface area contributed by atoms with Gasteiger partial charge in [-0.1, -0.05) is 32.8 Å². The van der Waals surface area contributed by atoms with E-state index in [1.54, 1.807) is 0 Å². The predicted octanol–water partition coefficient (Wildman–Crippen LogP) is 3.51. The number of nitrogens with zero attached hydrogens (tertiary/aromatic N) is 1. The van der Waals surface area contributed by atoms with Crippen LogP contribution in [0, 0.1) is 5.41 Å². The molecular weight excluding hydrogens is 296 g/mol. The van der Waals surface area contributed by atoms with Crippen LogP contribution in [0.3, 0.4) is 0 Å². The van der Waals surface area contributed by atoms with Gasteiger partial charge in [0.15, 0.2) is 0 Å². The first kappa shape index (κ1) is 15.9. The van der Waals surface area contributed by atoms with E-state index in [0.717, 1.165) is 30.7 Å². The smallest absolute Gasteiger partial charge is 0.251 e. The molecule has 128 valence electrons. The van der Waals surface area contributed by atoms with E-state index in [1.807, 2.05) is 6.08 Å². The summed E-state index contributed by atoms with van der Waals surface area (Å²) >= 11 is 0. The summed E-state index contributed by atoms with van der Waals surface area (Å²) in [5, 5.41) is 3.19. The van der Waals surface area contributed by atoms with Crippen molar-refractivity contribution in [3.8, 4) is 0 Å². The zero-order chi connectivity index (χ0) is 16.7. The molecule has 1 heterocycles. The summed E-state index contributed by atoms with van der Waals surface area (Å²) in [6.07, 6.45) is 12.8. The first-order valence-corrected chi connectivity index (χ1v) is 9.41. The van der Waals surface area contributed by atoms with Gasteiger partial charge in [0.2, 0.25) is 0 Å². The van der Waals surface area contributed by atoms with Crippen LogP contribution in [-0.2, 0) is 4.79 Å². The van der Waals surface area contributed by atoms with Crippen molar-refractivity contribution in [2.24, 2.45) is 5.41 Å². The summed E-state index contributed by atoms with van der Waals surface area (Å²) < 4.78 is 0. The molecule has 1 N–H and O–H groups in total. The minimum Gasteiger partial charge on any atom is -0.351 e. The Labute approximate surface area is 145 Å². The summed E-state index contributed by atoms with van der Waals surface area (Å²) in [6.45, 7) is 8.74. The molecule has 1 aliphatic heterocycles. The van der Waals surface area contributed by atoms with E-state index in [-0.39, 0.29) is 11.3 Å². The summed E-state index contributed by atoms with van der Waals surface area (Å²) in [7, 11) is 0. The highest BCUT2D eigenvalue weighted by Crippen LogP contribution is 2.51. The Morgan fingerprint density at radius 1 is 1.12 bits per heavy atom. The number of allylic oxidation sites excluding steroid dienone is 6. The van der Waals surface area contributed by atoms with E-state index in [2.05, 4.69) is 36.2 Å². The van der Waals surface area contributed by atoms with Crippen LogP contribution in [0.25, 0.3) is 0 Å². The van der Waals surface area contributed by atoms with E-state index in [0.29, 0.717) is 0 Å². The van der Waals surface area contributed by atoms with Crippen LogP contribution < -0.4 is 5.32 Å². The highest BCUT2D eigenvalue weighted by atomic mass is 16.1. The van der Waals surface area contributed by atoms with Gasteiger partial charge in [-0.3, -0.25) is 4.79 Å². The average molecular weight is 324 g/mol. The van der Waals surface area contributed by atoms with Crippen molar-refractivity contribution in [1.29, 1.82) is 0 Å². The molecule has 0 atom stereocenters. The largest absolute Gasteiger partial charge is 0.351 e. The number of amides is 1. The van der Waals surface area contributed by atoms with Crippen LogP contribution in [-0.4, -0.2) is 37.0 Å². The molecule has 3 aliphatic carbocycles. The number of hydrogen-bond donors (Lipinski definition) is 1. The van der Waals surface area contributed by atoms with E-state index in [4.69, 9.17) is 0 Å². The Hall–Kier alpha value is -1.61. The second kappa shape index (κ2) is 6.03. The summed E-state index contributed by atoms with van der Waals surface area (Å²) in [4.78, 5) is 15.2. The lowest BCUT2D eigenvalue weighted by molar-refractivity contribution is -0.117. The maximum atomic E-state index is 12.6. The van der Waals surface area contributed by atoms with Gasteiger partial charge in [0, 0.05) is 18.7 Å². The summed E-state index contributed by atoms with van der Waals surface area (Å²) in [6, 6.07) is 0. The molecule has 0 unspecified atom stereocenters. The van der Waals surface area contributed by atoms with Gasteiger partial charge in [-0.15, -0.1) is 0 Å². The minimum atomic E-state index is 0.0824. The van der Waals surface area contributed by atoms with Crippen molar-refractivity contribution in [3.05, 3.63) is 46.1 Å². The van der Waals surface area contributed by atoms with Crippen molar-refractivity contribution in [2.75, 3.05) is 26.2 Å². The molecule has 3 heteroatoms. The molecule has 4 aliphatic rings. The van der Waals surface area contributed by atoms with Gasteiger partial charge in [-0.05, 0) is 72.2 Å². The van der Waals surface area contributed by atoms with E-state index in [9.17, 15) is 4.79 Å². The minimum absolute atomic E-state index is 0.0824. The van der Waals surface area contributed by atoms with Gasteiger partial charge < -0.3 is 10.2 Å². The van der Waals surface area contributed by atoms with Crippen LogP contribution in [0.4, 0.5) is 0 Å². The van der Waals surface area contributed by atoms with Crippen LogP contribution in [0.5, 0.6) is 0 Å². The fourth-order valence-electron chi connectivity index (χ4n) is 4.21. The molecule has 0 bridgehead atoms. The van der Waals surface area contributed by atoms with Crippen molar-refractivity contribution in [3.63, 3.8) is 0 Å². The van der Waals surface area contributed by atoms with E-state index >= 15 is 0 Å². The lowest BCUT2D eigenvalue weighted by Crippen LogP contribution is -2.42. The molecule has 24 heavy (non-hydrogen) atoms. The zero-order valence-electron chi connectivity index (χ0n) is 15.0. The highest BCUT2D eigenvalue weighted by Gasteiger charge is 2.35. The molecule has 3 nitrogen and oxygen atoms in total. The van der Waals surface area contributed by atoms with Crippen LogP contribution >= 0.6 is 0 Å². The first-order valence-electron chi connectivity index (χ1n) is 9.41. The van der Waals surface area contributed by atoms with Crippen LogP contribution in [0.15, 0.2) is 46.1 Å². The number of carbonyl (C=O) groups is 1. The monoisotopic (exact) mass is 324 g/mol. The van der Waals surface area contributed by atoms with Crippen LogP contribution in [0.1, 0.15) is 46.0 Å². The number of rotatable bonds is 5. The lowest BCUT2D eigenvalue weighted by atomic mass is 9.92. The number of nitrogens with one attached hydrogen (secondary N) is 1. The quantitative estimate of drug-likeness (QED) is 0.839. The van der Waals surface area contributed by atoms with Crippen molar-refractivity contribution < 1.29 is 4.79 Å². The van der Waals surface area contributed by atoms with Gasteiger partial charge in [-0.2, -0.15) is 0 Å². The Bertz CT molecular complexity index is 683. The predicted molar refractivity (Wildman–Crippen MR) is 97.6 cm³/mol. The number of likely N-dealkylation sites (tertiary alicyclic amines) is 1. The van der Waals surface area contributed by atoms with E-state index < -0.39 is 0 Å².